The molecule has 1 rings (SSSR count). The largest absolute Gasteiger partial charge is 0.356 e. The summed E-state index contributed by atoms with van der Waals surface area (Å²) in [5.41, 5.74) is 0.942. The Morgan fingerprint density at radius 2 is 1.30 bits per heavy atom. The molecule has 1 aromatic rings. The number of aryl methyl sites for hydroxylation is 2. The van der Waals surface area contributed by atoms with Crippen LogP contribution in [0, 0.1) is 24.0 Å². The predicted molar refractivity (Wildman–Crippen MR) is 136 cm³/mol. The van der Waals surface area contributed by atoms with Crippen molar-refractivity contribution in [2.75, 3.05) is 6.54 Å². The van der Waals surface area contributed by atoms with E-state index < -0.39 is 4.92 Å². The molecule has 1 aromatic heterocycles. The first-order valence-electron chi connectivity index (χ1n) is 13.4. The number of carbonyl (C=O) groups excluding carboxylic acids is 1. The van der Waals surface area contributed by atoms with Crippen LogP contribution < -0.4 is 5.32 Å². The Labute approximate surface area is 201 Å². The number of nitro groups is 1. The fourth-order valence-electron chi connectivity index (χ4n) is 4.37. The van der Waals surface area contributed by atoms with Crippen LogP contribution in [0.3, 0.4) is 0 Å². The van der Waals surface area contributed by atoms with Gasteiger partial charge in [-0.15, -0.1) is 0 Å². The van der Waals surface area contributed by atoms with Crippen molar-refractivity contribution in [3.8, 4) is 0 Å². The zero-order valence-electron chi connectivity index (χ0n) is 21.5. The highest BCUT2D eigenvalue weighted by Crippen LogP contribution is 2.21. The number of hydrogen-bond acceptors (Lipinski definition) is 4. The number of unbranched alkanes of at least 4 members (excludes halogenated alkanes) is 15. The first-order chi connectivity index (χ1) is 16.0. The van der Waals surface area contributed by atoms with Crippen LogP contribution in [-0.2, 0) is 11.3 Å². The minimum atomic E-state index is -0.411. The summed E-state index contributed by atoms with van der Waals surface area (Å²) in [5, 5.41) is 18.2. The molecule has 0 saturated heterocycles. The summed E-state index contributed by atoms with van der Waals surface area (Å²) >= 11 is 0. The molecule has 190 valence electrons. The van der Waals surface area contributed by atoms with Crippen molar-refractivity contribution >= 4 is 11.6 Å². The smallest absolute Gasteiger partial charge is 0.312 e. The lowest BCUT2D eigenvalue weighted by Crippen LogP contribution is -2.25. The summed E-state index contributed by atoms with van der Waals surface area (Å²) in [5.74, 6) is -0.0221. The number of hydrogen-bond donors (Lipinski definition) is 1. The van der Waals surface area contributed by atoms with E-state index in [-0.39, 0.29) is 18.0 Å². The van der Waals surface area contributed by atoms with E-state index in [1.165, 1.54) is 89.9 Å². The molecule has 0 spiro atoms. The van der Waals surface area contributed by atoms with Gasteiger partial charge in [0.1, 0.15) is 11.4 Å². The summed E-state index contributed by atoms with van der Waals surface area (Å²) in [7, 11) is 0. The number of aromatic nitrogens is 2. The van der Waals surface area contributed by atoms with Gasteiger partial charge in [0.25, 0.3) is 0 Å². The number of amides is 1. The highest BCUT2D eigenvalue weighted by atomic mass is 16.6. The maximum atomic E-state index is 12.0. The van der Waals surface area contributed by atoms with Gasteiger partial charge in [-0.05, 0) is 20.3 Å². The molecule has 1 amide bonds. The van der Waals surface area contributed by atoms with E-state index in [9.17, 15) is 14.9 Å². The zero-order chi connectivity index (χ0) is 24.3. The van der Waals surface area contributed by atoms with Gasteiger partial charge in [-0.25, -0.2) is 0 Å². The minimum absolute atomic E-state index is 0.0221. The van der Waals surface area contributed by atoms with Crippen LogP contribution in [0.4, 0.5) is 5.69 Å². The van der Waals surface area contributed by atoms with E-state index >= 15 is 0 Å². The van der Waals surface area contributed by atoms with E-state index in [2.05, 4.69) is 17.3 Å². The third-order valence-corrected chi connectivity index (χ3v) is 6.43. The van der Waals surface area contributed by atoms with E-state index in [1.54, 1.807) is 18.5 Å². The number of rotatable bonds is 21. The first kappa shape index (κ1) is 29.1. The average molecular weight is 465 g/mol. The Balaban J connectivity index is 1.90. The maximum absolute atomic E-state index is 12.0. The van der Waals surface area contributed by atoms with Crippen LogP contribution >= 0.6 is 0 Å². The van der Waals surface area contributed by atoms with E-state index in [0.29, 0.717) is 24.5 Å². The fourth-order valence-corrected chi connectivity index (χ4v) is 4.37. The molecular weight excluding hydrogens is 416 g/mol. The lowest BCUT2D eigenvalue weighted by atomic mass is 10.0. The number of carbonyl (C=O) groups is 1. The lowest BCUT2D eigenvalue weighted by molar-refractivity contribution is -0.386. The SMILES string of the molecule is CCCCCCCCCCCCCCCCCCNC(=O)CCn1nc(C)c([N+](=O)[O-])c1C. The summed E-state index contributed by atoms with van der Waals surface area (Å²) in [6.07, 6.45) is 21.7. The Hall–Kier alpha value is -1.92. The normalized spacial score (nSPS) is 11.1. The van der Waals surface area contributed by atoms with Crippen molar-refractivity contribution < 1.29 is 9.72 Å². The Bertz CT molecular complexity index is 673. The molecule has 0 aromatic carbocycles. The molecule has 1 N–H and O–H groups in total. The molecule has 0 aliphatic rings. The second-order valence-electron chi connectivity index (χ2n) is 9.40. The van der Waals surface area contributed by atoms with Crippen LogP contribution in [0.2, 0.25) is 0 Å². The van der Waals surface area contributed by atoms with Crippen molar-refractivity contribution in [1.29, 1.82) is 0 Å². The van der Waals surface area contributed by atoms with Gasteiger partial charge < -0.3 is 5.32 Å². The molecule has 0 atom stereocenters. The van der Waals surface area contributed by atoms with Crippen molar-refractivity contribution in [1.82, 2.24) is 15.1 Å². The molecule has 0 saturated carbocycles. The molecule has 7 heteroatoms. The van der Waals surface area contributed by atoms with E-state index in [0.717, 1.165) is 12.8 Å². The molecule has 33 heavy (non-hydrogen) atoms. The van der Waals surface area contributed by atoms with Gasteiger partial charge in [-0.2, -0.15) is 5.10 Å². The van der Waals surface area contributed by atoms with Crippen molar-refractivity contribution in [2.45, 2.75) is 136 Å². The second kappa shape index (κ2) is 18.5. The third kappa shape index (κ3) is 13.4. The topological polar surface area (TPSA) is 90.1 Å². The zero-order valence-corrected chi connectivity index (χ0v) is 21.5. The van der Waals surface area contributed by atoms with Gasteiger partial charge in [0.2, 0.25) is 5.91 Å². The van der Waals surface area contributed by atoms with Gasteiger partial charge in [-0.3, -0.25) is 19.6 Å². The van der Waals surface area contributed by atoms with Gasteiger partial charge in [0.05, 0.1) is 11.5 Å². The Kier molecular flexibility index (Phi) is 16.3. The van der Waals surface area contributed by atoms with Crippen molar-refractivity contribution in [3.63, 3.8) is 0 Å². The van der Waals surface area contributed by atoms with E-state index in [4.69, 9.17) is 0 Å². The second-order valence-corrected chi connectivity index (χ2v) is 9.40. The Morgan fingerprint density at radius 3 is 1.73 bits per heavy atom. The van der Waals surface area contributed by atoms with Gasteiger partial charge >= 0.3 is 5.69 Å². The Morgan fingerprint density at radius 1 is 0.848 bits per heavy atom. The molecule has 0 radical (unpaired) electrons. The monoisotopic (exact) mass is 464 g/mol. The first-order valence-corrected chi connectivity index (χ1v) is 13.4. The standard InChI is InChI=1S/C26H48N4O3/c1-4-5-6-7-8-9-10-11-12-13-14-15-16-17-18-19-21-27-25(31)20-22-29-24(3)26(30(32)33)23(2)28-29/h4-22H2,1-3H3,(H,27,31). The van der Waals surface area contributed by atoms with Crippen LogP contribution in [0.15, 0.2) is 0 Å². The number of nitrogens with zero attached hydrogens (tertiary/aromatic N) is 3. The van der Waals surface area contributed by atoms with Crippen LogP contribution in [0.25, 0.3) is 0 Å². The fraction of sp³-hybridized carbons (Fsp3) is 0.846. The van der Waals surface area contributed by atoms with Crippen LogP contribution in [-0.4, -0.2) is 27.2 Å². The molecule has 0 aliphatic heterocycles. The summed E-state index contributed by atoms with van der Waals surface area (Å²) in [4.78, 5) is 22.7. The average Bonchev–Trinajstić information content (AvgIpc) is 3.07. The van der Waals surface area contributed by atoms with Crippen LogP contribution in [0.5, 0.6) is 0 Å². The van der Waals surface area contributed by atoms with Crippen molar-refractivity contribution in [2.24, 2.45) is 0 Å². The van der Waals surface area contributed by atoms with Gasteiger partial charge in [0, 0.05) is 13.0 Å². The van der Waals surface area contributed by atoms with Crippen molar-refractivity contribution in [3.05, 3.63) is 21.5 Å². The van der Waals surface area contributed by atoms with Crippen LogP contribution in [0.1, 0.15) is 127 Å². The predicted octanol–water partition coefficient (Wildman–Crippen LogP) is 7.18. The minimum Gasteiger partial charge on any atom is -0.356 e. The molecule has 0 aliphatic carbocycles. The lowest BCUT2D eigenvalue weighted by Gasteiger charge is -2.06. The summed E-state index contributed by atoms with van der Waals surface area (Å²) in [6.45, 7) is 6.64. The molecule has 0 fully saturated rings. The molecule has 0 unspecified atom stereocenters. The highest BCUT2D eigenvalue weighted by Gasteiger charge is 2.21. The summed E-state index contributed by atoms with van der Waals surface area (Å²) < 4.78 is 1.56. The highest BCUT2D eigenvalue weighted by molar-refractivity contribution is 5.75. The molecule has 0 bridgehead atoms. The molecular formula is C26H48N4O3. The van der Waals surface area contributed by atoms with Gasteiger partial charge in [-0.1, -0.05) is 103 Å². The van der Waals surface area contributed by atoms with E-state index in [1.807, 2.05) is 0 Å². The third-order valence-electron chi connectivity index (χ3n) is 6.43. The van der Waals surface area contributed by atoms with Gasteiger partial charge in [0.15, 0.2) is 0 Å². The molecule has 1 heterocycles. The quantitative estimate of drug-likeness (QED) is 0.118. The number of nitrogens with one attached hydrogen (secondary N) is 1. The maximum Gasteiger partial charge on any atom is 0.312 e. The summed E-state index contributed by atoms with van der Waals surface area (Å²) in [6, 6.07) is 0. The molecule has 7 nitrogen and oxygen atoms in total.